The number of amides is 1. The van der Waals surface area contributed by atoms with Crippen LogP contribution in [-0.2, 0) is 20.7 Å². The molecule has 1 amide bonds. The minimum atomic E-state index is -0.288. The number of ether oxygens (including phenoxy) is 1. The van der Waals surface area contributed by atoms with Gasteiger partial charge in [0.05, 0.1) is 18.7 Å². The molecule has 0 unspecified atom stereocenters. The topological polar surface area (TPSA) is 75.6 Å². The molecule has 1 fully saturated rings. The van der Waals surface area contributed by atoms with E-state index in [1.165, 1.54) is 0 Å². The van der Waals surface area contributed by atoms with E-state index in [9.17, 15) is 9.59 Å². The van der Waals surface area contributed by atoms with Gasteiger partial charge < -0.3 is 14.5 Å². The van der Waals surface area contributed by atoms with E-state index in [1.807, 2.05) is 4.90 Å². The molecule has 1 saturated heterocycles. The Morgan fingerprint density at radius 2 is 2.00 bits per heavy atom. The lowest BCUT2D eigenvalue weighted by Gasteiger charge is -2.34. The van der Waals surface area contributed by atoms with E-state index in [0.717, 1.165) is 0 Å². The Bertz CT molecular complexity index is 513. The van der Waals surface area contributed by atoms with E-state index >= 15 is 0 Å². The number of carbonyl (C=O) groups excluding carboxylic acids is 2. The molecule has 1 aliphatic heterocycles. The van der Waals surface area contributed by atoms with Crippen LogP contribution in [0.15, 0.2) is 12.3 Å². The fourth-order valence-electron chi connectivity index (χ4n) is 2.22. The summed E-state index contributed by atoms with van der Waals surface area (Å²) in [6, 6.07) is 1.71. The summed E-state index contributed by atoms with van der Waals surface area (Å²) in [7, 11) is 0. The normalized spacial score (nSPS) is 15.0. The van der Waals surface area contributed by atoms with Gasteiger partial charge in [0.15, 0.2) is 0 Å². The second kappa shape index (κ2) is 7.01. The first kappa shape index (κ1) is 15.2. The first-order valence-electron chi connectivity index (χ1n) is 7.08. The van der Waals surface area contributed by atoms with Crippen LogP contribution in [0.3, 0.4) is 0 Å². The number of hydrogen-bond donors (Lipinski definition) is 0. The van der Waals surface area contributed by atoms with Crippen molar-refractivity contribution < 1.29 is 14.3 Å². The van der Waals surface area contributed by atoms with Crippen LogP contribution in [-0.4, -0.2) is 59.5 Å². The smallest absolute Gasteiger partial charge is 0.311 e. The van der Waals surface area contributed by atoms with Crippen molar-refractivity contribution in [2.45, 2.75) is 20.3 Å². The van der Waals surface area contributed by atoms with Gasteiger partial charge in [-0.05, 0) is 13.0 Å². The van der Waals surface area contributed by atoms with Crippen molar-refractivity contribution in [3.63, 3.8) is 0 Å². The van der Waals surface area contributed by atoms with Gasteiger partial charge in [-0.15, -0.1) is 0 Å². The Balaban J connectivity index is 1.98. The second-order valence-corrected chi connectivity index (χ2v) is 4.82. The number of aromatic nitrogens is 2. The molecular formula is C14H20N4O3. The van der Waals surface area contributed by atoms with Crippen molar-refractivity contribution in [2.75, 3.05) is 37.7 Å². The minimum absolute atomic E-state index is 0.0895. The van der Waals surface area contributed by atoms with E-state index < -0.39 is 0 Å². The summed E-state index contributed by atoms with van der Waals surface area (Å²) in [6.07, 6.45) is 1.80. The molecule has 0 radical (unpaired) electrons. The molecule has 1 aromatic heterocycles. The van der Waals surface area contributed by atoms with Gasteiger partial charge in [0, 0.05) is 39.3 Å². The van der Waals surface area contributed by atoms with Crippen LogP contribution in [0.25, 0.3) is 0 Å². The molecule has 2 heterocycles. The quantitative estimate of drug-likeness (QED) is 0.741. The molecular weight excluding hydrogens is 272 g/mol. The zero-order chi connectivity index (χ0) is 15.2. The van der Waals surface area contributed by atoms with Crippen LogP contribution in [0.4, 0.5) is 5.95 Å². The first-order chi connectivity index (χ1) is 10.1. The monoisotopic (exact) mass is 292 g/mol. The number of piperazine rings is 1. The number of anilines is 1. The lowest BCUT2D eigenvalue weighted by atomic mass is 10.3. The van der Waals surface area contributed by atoms with Crippen LogP contribution in [0, 0.1) is 0 Å². The molecule has 0 N–H and O–H groups in total. The lowest BCUT2D eigenvalue weighted by molar-refractivity contribution is -0.142. The Morgan fingerprint density at radius 1 is 1.29 bits per heavy atom. The highest BCUT2D eigenvalue weighted by atomic mass is 16.5. The molecule has 1 aliphatic rings. The van der Waals surface area contributed by atoms with Crippen molar-refractivity contribution in [3.8, 4) is 0 Å². The highest BCUT2D eigenvalue weighted by Gasteiger charge is 2.20. The van der Waals surface area contributed by atoms with E-state index in [-0.39, 0.29) is 18.3 Å². The van der Waals surface area contributed by atoms with Crippen molar-refractivity contribution in [1.82, 2.24) is 14.9 Å². The predicted octanol–water partition coefficient (Wildman–Crippen LogP) is 0.251. The number of esters is 1. The van der Waals surface area contributed by atoms with E-state index in [0.29, 0.717) is 44.4 Å². The van der Waals surface area contributed by atoms with Gasteiger partial charge in [-0.25, -0.2) is 9.97 Å². The van der Waals surface area contributed by atoms with E-state index in [1.54, 1.807) is 31.0 Å². The molecule has 114 valence electrons. The van der Waals surface area contributed by atoms with Gasteiger partial charge >= 0.3 is 5.97 Å². The molecule has 0 saturated carbocycles. The summed E-state index contributed by atoms with van der Waals surface area (Å²) in [5, 5.41) is 0. The summed E-state index contributed by atoms with van der Waals surface area (Å²) >= 11 is 0. The van der Waals surface area contributed by atoms with Crippen LogP contribution in [0.1, 0.15) is 19.5 Å². The molecule has 7 heteroatoms. The molecule has 0 atom stereocenters. The molecule has 7 nitrogen and oxygen atoms in total. The number of carbonyl (C=O) groups is 2. The fraction of sp³-hybridized carbons (Fsp3) is 0.571. The minimum Gasteiger partial charge on any atom is -0.466 e. The molecule has 0 bridgehead atoms. The third-order valence-electron chi connectivity index (χ3n) is 3.34. The standard InChI is InChI=1S/C14H20N4O3/c1-3-21-13(20)10-12-4-5-15-14(16-12)18-8-6-17(7-9-18)11(2)19/h4-5H,3,6-10H2,1-2H3. The lowest BCUT2D eigenvalue weighted by Crippen LogP contribution is -2.48. The van der Waals surface area contributed by atoms with Crippen LogP contribution < -0.4 is 4.90 Å². The maximum Gasteiger partial charge on any atom is 0.311 e. The third-order valence-corrected chi connectivity index (χ3v) is 3.34. The van der Waals surface area contributed by atoms with Crippen molar-refractivity contribution in [2.24, 2.45) is 0 Å². The van der Waals surface area contributed by atoms with Gasteiger partial charge in [0.1, 0.15) is 0 Å². The Hall–Kier alpha value is -2.18. The zero-order valence-electron chi connectivity index (χ0n) is 12.4. The van der Waals surface area contributed by atoms with Crippen LogP contribution in [0.5, 0.6) is 0 Å². The van der Waals surface area contributed by atoms with Gasteiger partial charge in [0.2, 0.25) is 11.9 Å². The molecule has 0 spiro atoms. The average molecular weight is 292 g/mol. The molecule has 0 aromatic carbocycles. The molecule has 21 heavy (non-hydrogen) atoms. The summed E-state index contributed by atoms with van der Waals surface area (Å²) in [4.78, 5) is 35.3. The zero-order valence-corrected chi connectivity index (χ0v) is 12.4. The van der Waals surface area contributed by atoms with Gasteiger partial charge in [0.25, 0.3) is 0 Å². The maximum absolute atomic E-state index is 11.5. The molecule has 1 aromatic rings. The van der Waals surface area contributed by atoms with E-state index in [2.05, 4.69) is 9.97 Å². The second-order valence-electron chi connectivity index (χ2n) is 4.82. The van der Waals surface area contributed by atoms with Crippen molar-refractivity contribution in [3.05, 3.63) is 18.0 Å². The number of rotatable bonds is 4. The highest BCUT2D eigenvalue weighted by molar-refractivity contribution is 5.73. The maximum atomic E-state index is 11.5. The van der Waals surface area contributed by atoms with Crippen molar-refractivity contribution in [1.29, 1.82) is 0 Å². The first-order valence-corrected chi connectivity index (χ1v) is 7.08. The van der Waals surface area contributed by atoms with Crippen molar-refractivity contribution >= 4 is 17.8 Å². The Kier molecular flexibility index (Phi) is 5.08. The average Bonchev–Trinajstić information content (AvgIpc) is 2.48. The third kappa shape index (κ3) is 4.14. The van der Waals surface area contributed by atoms with E-state index in [4.69, 9.17) is 4.74 Å². The van der Waals surface area contributed by atoms with Gasteiger partial charge in [-0.2, -0.15) is 0 Å². The van der Waals surface area contributed by atoms with Gasteiger partial charge in [-0.1, -0.05) is 0 Å². The number of nitrogens with zero attached hydrogens (tertiary/aromatic N) is 4. The highest BCUT2D eigenvalue weighted by Crippen LogP contribution is 2.12. The SMILES string of the molecule is CCOC(=O)Cc1ccnc(N2CCN(C(C)=O)CC2)n1. The largest absolute Gasteiger partial charge is 0.466 e. The fourth-order valence-corrected chi connectivity index (χ4v) is 2.22. The summed E-state index contributed by atoms with van der Waals surface area (Å²) in [5.41, 5.74) is 0.646. The predicted molar refractivity (Wildman–Crippen MR) is 76.8 cm³/mol. The summed E-state index contributed by atoms with van der Waals surface area (Å²) in [6.45, 7) is 6.44. The molecule has 0 aliphatic carbocycles. The van der Waals surface area contributed by atoms with Crippen LogP contribution >= 0.6 is 0 Å². The Morgan fingerprint density at radius 3 is 2.62 bits per heavy atom. The summed E-state index contributed by atoms with van der Waals surface area (Å²) in [5.74, 6) is 0.398. The van der Waals surface area contributed by atoms with Crippen LogP contribution in [0.2, 0.25) is 0 Å². The van der Waals surface area contributed by atoms with Gasteiger partial charge in [-0.3, -0.25) is 9.59 Å². The number of hydrogen-bond acceptors (Lipinski definition) is 6. The molecule has 2 rings (SSSR count). The Labute approximate surface area is 123 Å². The summed E-state index contributed by atoms with van der Waals surface area (Å²) < 4.78 is 4.91.